The number of hydrogen-bond acceptors (Lipinski definition) is 4. The number of nitrogens with zero attached hydrogens (tertiary/aromatic N) is 1. The number of benzene rings is 1. The molecule has 1 fully saturated rings. The Kier molecular flexibility index (Phi) is 5.64. The molecule has 128 valence electrons. The molecule has 0 spiro atoms. The van der Waals surface area contributed by atoms with Crippen molar-refractivity contribution in [1.29, 1.82) is 0 Å². The van der Waals surface area contributed by atoms with E-state index < -0.39 is 24.2 Å². The van der Waals surface area contributed by atoms with Crippen LogP contribution in [0.3, 0.4) is 0 Å². The van der Waals surface area contributed by atoms with Crippen LogP contribution in [0, 0.1) is 5.92 Å². The third kappa shape index (κ3) is 4.68. The summed E-state index contributed by atoms with van der Waals surface area (Å²) in [6, 6.07) is 6.95. The molecule has 1 saturated heterocycles. The molecule has 0 aromatic heterocycles. The molecule has 1 aromatic carbocycles. The van der Waals surface area contributed by atoms with Gasteiger partial charge in [0.25, 0.3) is 0 Å². The highest BCUT2D eigenvalue weighted by Crippen LogP contribution is 2.31. The van der Waals surface area contributed by atoms with Crippen molar-refractivity contribution in [2.45, 2.75) is 31.7 Å². The summed E-state index contributed by atoms with van der Waals surface area (Å²) < 4.78 is 42.1. The number of hydrogen-bond donors (Lipinski definition) is 1. The molecule has 1 aliphatic rings. The van der Waals surface area contributed by atoms with Gasteiger partial charge in [-0.15, -0.1) is 0 Å². The normalized spacial score (nSPS) is 18.7. The van der Waals surface area contributed by atoms with E-state index in [0.29, 0.717) is 38.0 Å². The first-order valence-electron chi connectivity index (χ1n) is 7.45. The number of piperidine rings is 1. The minimum Gasteiger partial charge on any atom is -0.465 e. The Bertz CT molecular complexity index is 522. The van der Waals surface area contributed by atoms with Crippen LogP contribution in [0.15, 0.2) is 24.3 Å². The van der Waals surface area contributed by atoms with E-state index >= 15 is 0 Å². The Hall–Kier alpha value is -1.60. The van der Waals surface area contributed by atoms with Crippen molar-refractivity contribution in [2.24, 2.45) is 5.92 Å². The third-order valence-electron chi connectivity index (χ3n) is 4.20. The Morgan fingerprint density at radius 1 is 1.30 bits per heavy atom. The van der Waals surface area contributed by atoms with Gasteiger partial charge >= 0.3 is 12.1 Å². The fraction of sp³-hybridized carbons (Fsp3) is 0.562. The van der Waals surface area contributed by atoms with Crippen LogP contribution in [-0.4, -0.2) is 48.5 Å². The predicted octanol–water partition coefficient (Wildman–Crippen LogP) is 2.61. The molecular formula is C16H20F3NO3. The molecule has 1 aromatic rings. The lowest BCUT2D eigenvalue weighted by molar-refractivity contribution is -0.223. The monoisotopic (exact) mass is 331 g/mol. The van der Waals surface area contributed by atoms with Crippen LogP contribution >= 0.6 is 0 Å². The number of likely N-dealkylation sites (tertiary alicyclic amines) is 1. The Balaban J connectivity index is 1.86. The minimum atomic E-state index is -4.55. The van der Waals surface area contributed by atoms with Crippen LogP contribution in [0.2, 0.25) is 0 Å². The Morgan fingerprint density at radius 2 is 1.87 bits per heavy atom. The molecule has 1 aliphatic heterocycles. The largest absolute Gasteiger partial charge is 0.465 e. The summed E-state index contributed by atoms with van der Waals surface area (Å²) in [5.74, 6) is -1.13. The van der Waals surface area contributed by atoms with Crippen molar-refractivity contribution >= 4 is 5.97 Å². The summed E-state index contributed by atoms with van der Waals surface area (Å²) in [5, 5.41) is 9.31. The SMILES string of the molecule is COC(=O)c1ccc(CN2CCC(C(O)C(F)(F)F)CC2)cc1. The van der Waals surface area contributed by atoms with Crippen molar-refractivity contribution in [3.8, 4) is 0 Å². The predicted molar refractivity (Wildman–Crippen MR) is 77.8 cm³/mol. The zero-order chi connectivity index (χ0) is 17.0. The van der Waals surface area contributed by atoms with Crippen LogP contribution in [-0.2, 0) is 11.3 Å². The van der Waals surface area contributed by atoms with E-state index in [-0.39, 0.29) is 0 Å². The van der Waals surface area contributed by atoms with Gasteiger partial charge in [-0.1, -0.05) is 12.1 Å². The van der Waals surface area contributed by atoms with Gasteiger partial charge in [0.2, 0.25) is 0 Å². The highest BCUT2D eigenvalue weighted by molar-refractivity contribution is 5.89. The number of aliphatic hydroxyl groups excluding tert-OH is 1. The molecule has 0 amide bonds. The highest BCUT2D eigenvalue weighted by Gasteiger charge is 2.44. The van der Waals surface area contributed by atoms with Crippen molar-refractivity contribution < 1.29 is 27.8 Å². The summed E-state index contributed by atoms with van der Waals surface area (Å²) in [7, 11) is 1.32. The lowest BCUT2D eigenvalue weighted by Crippen LogP contribution is -2.43. The summed E-state index contributed by atoms with van der Waals surface area (Å²) >= 11 is 0. The number of carbonyl (C=O) groups excluding carboxylic acids is 1. The van der Waals surface area contributed by atoms with Gasteiger partial charge < -0.3 is 9.84 Å². The number of ether oxygens (including phenoxy) is 1. The molecule has 0 bridgehead atoms. The molecule has 7 heteroatoms. The average molecular weight is 331 g/mol. The minimum absolute atomic E-state index is 0.320. The van der Waals surface area contributed by atoms with E-state index in [0.717, 1.165) is 5.56 Å². The van der Waals surface area contributed by atoms with Crippen molar-refractivity contribution in [2.75, 3.05) is 20.2 Å². The Morgan fingerprint density at radius 3 is 2.35 bits per heavy atom. The third-order valence-corrected chi connectivity index (χ3v) is 4.20. The van der Waals surface area contributed by atoms with Crippen molar-refractivity contribution in [1.82, 2.24) is 4.90 Å². The zero-order valence-electron chi connectivity index (χ0n) is 12.8. The number of alkyl halides is 3. The first-order valence-corrected chi connectivity index (χ1v) is 7.45. The molecular weight excluding hydrogens is 311 g/mol. The summed E-state index contributed by atoms with van der Waals surface area (Å²) in [6.07, 6.45) is -6.14. The topological polar surface area (TPSA) is 49.8 Å². The van der Waals surface area contributed by atoms with E-state index in [1.807, 2.05) is 17.0 Å². The van der Waals surface area contributed by atoms with E-state index in [1.54, 1.807) is 12.1 Å². The van der Waals surface area contributed by atoms with Gasteiger partial charge in [0.15, 0.2) is 6.10 Å². The molecule has 2 rings (SSSR count). The quantitative estimate of drug-likeness (QED) is 0.862. The van der Waals surface area contributed by atoms with Gasteiger partial charge in [0.1, 0.15) is 0 Å². The Labute approximate surface area is 132 Å². The second kappa shape index (κ2) is 7.31. The molecule has 0 aliphatic carbocycles. The molecule has 23 heavy (non-hydrogen) atoms. The average Bonchev–Trinajstić information content (AvgIpc) is 2.54. The highest BCUT2D eigenvalue weighted by atomic mass is 19.4. The molecule has 0 radical (unpaired) electrons. The van der Waals surface area contributed by atoms with E-state index in [2.05, 4.69) is 4.74 Å². The van der Waals surface area contributed by atoms with E-state index in [4.69, 9.17) is 0 Å². The lowest BCUT2D eigenvalue weighted by Gasteiger charge is -2.34. The standard InChI is InChI=1S/C16H20F3NO3/c1-23-15(22)13-4-2-11(3-5-13)10-20-8-6-12(7-9-20)14(21)16(17,18)19/h2-5,12,14,21H,6-10H2,1H3. The van der Waals surface area contributed by atoms with E-state index in [9.17, 15) is 23.1 Å². The molecule has 1 atom stereocenters. The number of carbonyl (C=O) groups is 1. The number of aliphatic hydroxyl groups is 1. The summed E-state index contributed by atoms with van der Waals surface area (Å²) in [5.41, 5.74) is 1.44. The molecule has 1 heterocycles. The van der Waals surface area contributed by atoms with Gasteiger partial charge in [0, 0.05) is 6.54 Å². The maximum absolute atomic E-state index is 12.5. The number of halogens is 3. The second-order valence-corrected chi connectivity index (χ2v) is 5.79. The zero-order valence-corrected chi connectivity index (χ0v) is 12.8. The molecule has 1 N–H and O–H groups in total. The van der Waals surface area contributed by atoms with Crippen molar-refractivity contribution in [3.63, 3.8) is 0 Å². The molecule has 1 unspecified atom stereocenters. The fourth-order valence-corrected chi connectivity index (χ4v) is 2.82. The number of esters is 1. The van der Waals surface area contributed by atoms with Crippen molar-refractivity contribution in [3.05, 3.63) is 35.4 Å². The first kappa shape index (κ1) is 17.7. The summed E-state index contributed by atoms with van der Waals surface area (Å²) in [4.78, 5) is 13.4. The van der Waals surface area contributed by atoms with Gasteiger partial charge in [-0.05, 0) is 49.5 Å². The van der Waals surface area contributed by atoms with Crippen LogP contribution in [0.5, 0.6) is 0 Å². The number of methoxy groups -OCH3 is 1. The lowest BCUT2D eigenvalue weighted by atomic mass is 9.90. The van der Waals surface area contributed by atoms with Gasteiger partial charge in [-0.2, -0.15) is 13.2 Å². The van der Waals surface area contributed by atoms with Gasteiger partial charge in [-0.25, -0.2) is 4.79 Å². The van der Waals surface area contributed by atoms with Crippen LogP contribution in [0.25, 0.3) is 0 Å². The van der Waals surface area contributed by atoms with Crippen LogP contribution in [0.1, 0.15) is 28.8 Å². The van der Waals surface area contributed by atoms with Crippen LogP contribution in [0.4, 0.5) is 13.2 Å². The molecule has 0 saturated carbocycles. The second-order valence-electron chi connectivity index (χ2n) is 5.79. The first-order chi connectivity index (χ1) is 10.8. The maximum atomic E-state index is 12.5. The fourth-order valence-electron chi connectivity index (χ4n) is 2.82. The number of rotatable bonds is 4. The van der Waals surface area contributed by atoms with Gasteiger partial charge in [0.05, 0.1) is 12.7 Å². The maximum Gasteiger partial charge on any atom is 0.414 e. The van der Waals surface area contributed by atoms with Crippen LogP contribution < -0.4 is 0 Å². The molecule has 4 nitrogen and oxygen atoms in total. The summed E-state index contributed by atoms with van der Waals surface area (Å²) in [6.45, 7) is 1.63. The van der Waals surface area contributed by atoms with E-state index in [1.165, 1.54) is 7.11 Å². The smallest absolute Gasteiger partial charge is 0.414 e. The van der Waals surface area contributed by atoms with Gasteiger partial charge in [-0.3, -0.25) is 4.90 Å².